The van der Waals surface area contributed by atoms with E-state index in [2.05, 4.69) is 0 Å². The number of aromatic hydroxyl groups is 1. The van der Waals surface area contributed by atoms with Gasteiger partial charge in [-0.25, -0.2) is 0 Å². The Morgan fingerprint density at radius 1 is 1.10 bits per heavy atom. The maximum Gasteiger partial charge on any atom is 0.202 e. The maximum absolute atomic E-state index is 13.0. The van der Waals surface area contributed by atoms with Crippen LogP contribution in [0, 0.1) is 6.92 Å². The number of aryl methyl sites for hydroxylation is 1. The van der Waals surface area contributed by atoms with E-state index in [9.17, 15) is 24.9 Å². The number of carbonyl (C=O) groups excluding carboxylic acids is 2. The second-order valence-corrected chi connectivity index (χ2v) is 7.44. The van der Waals surface area contributed by atoms with E-state index in [-0.39, 0.29) is 40.2 Å². The minimum Gasteiger partial charge on any atom is -0.507 e. The Balaban J connectivity index is 1.68. The topological polar surface area (TPSA) is 113 Å². The van der Waals surface area contributed by atoms with Gasteiger partial charge in [0.1, 0.15) is 17.6 Å². The number of carbonyl (C=O) groups is 2. The largest absolute Gasteiger partial charge is 0.507 e. The van der Waals surface area contributed by atoms with Crippen LogP contribution in [0.3, 0.4) is 0 Å². The van der Waals surface area contributed by atoms with E-state index >= 15 is 0 Å². The number of hydrogen-bond donors (Lipinski definition) is 3. The zero-order valence-electron chi connectivity index (χ0n) is 16.1. The molecule has 1 aliphatic heterocycles. The van der Waals surface area contributed by atoms with Gasteiger partial charge in [-0.05, 0) is 37.1 Å². The first kappa shape index (κ1) is 19.6. The third-order valence-electron chi connectivity index (χ3n) is 5.50. The summed E-state index contributed by atoms with van der Waals surface area (Å²) in [5.41, 5.74) is 1.14. The van der Waals surface area contributed by atoms with Gasteiger partial charge in [0.25, 0.3) is 0 Å². The number of ether oxygens (including phenoxy) is 2. The van der Waals surface area contributed by atoms with Crippen molar-refractivity contribution in [3.63, 3.8) is 0 Å². The van der Waals surface area contributed by atoms with Crippen molar-refractivity contribution >= 4 is 11.6 Å². The number of phenols is 1. The van der Waals surface area contributed by atoms with Gasteiger partial charge in [0.2, 0.25) is 6.29 Å². The third-order valence-corrected chi connectivity index (χ3v) is 5.50. The highest BCUT2D eigenvalue weighted by molar-refractivity contribution is 6.29. The molecule has 1 saturated heterocycles. The van der Waals surface area contributed by atoms with E-state index in [1.807, 2.05) is 6.92 Å². The molecule has 2 aromatic rings. The molecule has 0 saturated carbocycles. The van der Waals surface area contributed by atoms with Crippen molar-refractivity contribution in [2.24, 2.45) is 0 Å². The van der Waals surface area contributed by atoms with E-state index in [4.69, 9.17) is 9.47 Å². The van der Waals surface area contributed by atoms with Crippen LogP contribution in [0.15, 0.2) is 30.3 Å². The highest BCUT2D eigenvalue weighted by Gasteiger charge is 2.38. The maximum atomic E-state index is 13.0. The second-order valence-electron chi connectivity index (χ2n) is 7.44. The van der Waals surface area contributed by atoms with Gasteiger partial charge in [-0.15, -0.1) is 0 Å². The molecule has 0 aromatic heterocycles. The van der Waals surface area contributed by atoms with Gasteiger partial charge in [-0.1, -0.05) is 19.1 Å². The minimum absolute atomic E-state index is 0.0141. The summed E-state index contributed by atoms with van der Waals surface area (Å²) >= 11 is 0. The summed E-state index contributed by atoms with van der Waals surface area (Å²) in [6, 6.07) is 7.51. The van der Waals surface area contributed by atoms with Crippen molar-refractivity contribution in [2.75, 3.05) is 0 Å². The Bertz CT molecular complexity index is 997. The molecule has 1 aliphatic carbocycles. The summed E-state index contributed by atoms with van der Waals surface area (Å²) in [7, 11) is 0. The number of hydrogen-bond acceptors (Lipinski definition) is 7. The lowest BCUT2D eigenvalue weighted by atomic mass is 9.81. The molecule has 152 valence electrons. The molecule has 1 unspecified atom stereocenters. The van der Waals surface area contributed by atoms with Gasteiger partial charge in [-0.3, -0.25) is 9.59 Å². The van der Waals surface area contributed by atoms with E-state index < -0.39 is 30.4 Å². The Kier molecular flexibility index (Phi) is 4.90. The zero-order valence-corrected chi connectivity index (χ0v) is 16.1. The number of fused-ring (bicyclic) bond motifs is 2. The fourth-order valence-corrected chi connectivity index (χ4v) is 4.02. The Morgan fingerprint density at radius 2 is 1.86 bits per heavy atom. The van der Waals surface area contributed by atoms with Gasteiger partial charge < -0.3 is 24.8 Å². The van der Waals surface area contributed by atoms with E-state index in [1.165, 1.54) is 24.3 Å². The first-order valence-electron chi connectivity index (χ1n) is 9.56. The summed E-state index contributed by atoms with van der Waals surface area (Å²) in [6.07, 6.45) is -2.71. The van der Waals surface area contributed by atoms with Crippen molar-refractivity contribution in [1.82, 2.24) is 0 Å². The molecule has 2 aromatic carbocycles. The molecule has 0 radical (unpaired) electrons. The monoisotopic (exact) mass is 398 g/mol. The highest BCUT2D eigenvalue weighted by atomic mass is 16.7. The smallest absolute Gasteiger partial charge is 0.202 e. The standard InChI is InChI=1S/C22H22O7/c1-3-16-21(26)15(24)9-17(29-16)28-11-7-10(2)18-13(8-11)20(25)12-5-4-6-14(23)19(12)22(18)27/h4-8,15-17,21,23-24,26H,3,9H2,1-2H3/t15-,16-,17?,21+/m1/s1. The van der Waals surface area contributed by atoms with Crippen LogP contribution < -0.4 is 4.74 Å². The van der Waals surface area contributed by atoms with Gasteiger partial charge >= 0.3 is 0 Å². The lowest BCUT2D eigenvalue weighted by Gasteiger charge is -2.36. The fourth-order valence-electron chi connectivity index (χ4n) is 4.02. The van der Waals surface area contributed by atoms with Crippen LogP contribution >= 0.6 is 0 Å². The molecule has 7 heteroatoms. The molecule has 7 nitrogen and oxygen atoms in total. The predicted molar refractivity (Wildman–Crippen MR) is 102 cm³/mol. The van der Waals surface area contributed by atoms with Gasteiger partial charge in [-0.2, -0.15) is 0 Å². The molecule has 3 N–H and O–H groups in total. The SMILES string of the molecule is CC[C@H]1OC(Oc2cc(C)c3c(c2)C(=O)c2cccc(O)c2C3=O)C[C@@H](O)[C@@H]1O. The number of aliphatic hydroxyl groups is 2. The van der Waals surface area contributed by atoms with Gasteiger partial charge in [0.15, 0.2) is 11.6 Å². The Morgan fingerprint density at radius 3 is 2.59 bits per heavy atom. The number of benzene rings is 2. The number of phenolic OH excluding ortho intramolecular Hbond substituents is 1. The van der Waals surface area contributed by atoms with E-state index in [1.54, 1.807) is 13.0 Å². The fraction of sp³-hybridized carbons (Fsp3) is 0.364. The van der Waals surface area contributed by atoms with Crippen LogP contribution in [0.5, 0.6) is 11.5 Å². The minimum atomic E-state index is -0.978. The van der Waals surface area contributed by atoms with Crippen LogP contribution in [-0.2, 0) is 4.74 Å². The number of aliphatic hydroxyl groups excluding tert-OH is 2. The molecule has 0 bridgehead atoms. The van der Waals surface area contributed by atoms with Crippen molar-refractivity contribution < 1.29 is 34.4 Å². The first-order valence-corrected chi connectivity index (χ1v) is 9.56. The first-order chi connectivity index (χ1) is 13.8. The van der Waals surface area contributed by atoms with E-state index in [0.717, 1.165) is 0 Å². The number of rotatable bonds is 3. The van der Waals surface area contributed by atoms with Crippen LogP contribution in [-0.4, -0.2) is 51.5 Å². The van der Waals surface area contributed by atoms with Crippen molar-refractivity contribution in [1.29, 1.82) is 0 Å². The van der Waals surface area contributed by atoms with E-state index in [0.29, 0.717) is 17.7 Å². The van der Waals surface area contributed by atoms with Gasteiger partial charge in [0.05, 0.1) is 17.8 Å². The van der Waals surface area contributed by atoms with Crippen molar-refractivity contribution in [2.45, 2.75) is 51.3 Å². The quantitative estimate of drug-likeness (QED) is 0.619. The molecule has 4 rings (SSSR count). The molecule has 29 heavy (non-hydrogen) atoms. The summed E-state index contributed by atoms with van der Waals surface area (Å²) in [6.45, 7) is 3.53. The molecule has 0 amide bonds. The normalized spacial score (nSPS) is 26.1. The Hall–Kier alpha value is -2.74. The lowest BCUT2D eigenvalue weighted by molar-refractivity contribution is -0.222. The molecule has 4 atom stereocenters. The average Bonchev–Trinajstić information content (AvgIpc) is 2.68. The highest BCUT2D eigenvalue weighted by Crippen LogP contribution is 2.36. The summed E-state index contributed by atoms with van der Waals surface area (Å²) in [5, 5.41) is 30.1. The van der Waals surface area contributed by atoms with Crippen LogP contribution in [0.2, 0.25) is 0 Å². The molecular weight excluding hydrogens is 376 g/mol. The van der Waals surface area contributed by atoms with Crippen LogP contribution in [0.4, 0.5) is 0 Å². The van der Waals surface area contributed by atoms with Crippen molar-refractivity contribution in [3.8, 4) is 11.5 Å². The third kappa shape index (κ3) is 3.21. The molecule has 1 heterocycles. The van der Waals surface area contributed by atoms with Crippen LogP contribution in [0.25, 0.3) is 0 Å². The average molecular weight is 398 g/mol. The summed E-state index contributed by atoms with van der Waals surface area (Å²) in [4.78, 5) is 25.9. The Labute approximate surface area is 167 Å². The summed E-state index contributed by atoms with van der Waals surface area (Å²) in [5.74, 6) is -0.671. The molecule has 0 spiro atoms. The molecule has 2 aliphatic rings. The van der Waals surface area contributed by atoms with Gasteiger partial charge in [0, 0.05) is 23.1 Å². The zero-order chi connectivity index (χ0) is 20.9. The summed E-state index contributed by atoms with van der Waals surface area (Å²) < 4.78 is 11.6. The molecule has 1 fully saturated rings. The van der Waals surface area contributed by atoms with Crippen LogP contribution in [0.1, 0.15) is 57.2 Å². The number of ketones is 2. The second kappa shape index (κ2) is 7.26. The predicted octanol–water partition coefficient (Wildman–Crippen LogP) is 2.10. The van der Waals surface area contributed by atoms with Crippen molar-refractivity contribution in [3.05, 3.63) is 58.1 Å². The molecular formula is C22H22O7. The lowest BCUT2D eigenvalue weighted by Crippen LogP contribution is -2.49.